The first-order chi connectivity index (χ1) is 7.52. The molecule has 0 aromatic carbocycles. The zero-order valence-corrected chi connectivity index (χ0v) is 9.27. The van der Waals surface area contributed by atoms with Crippen LogP contribution in [-0.2, 0) is 23.8 Å². The second-order valence-electron chi connectivity index (χ2n) is 3.59. The average molecular weight is 234 g/mol. The van der Waals surface area contributed by atoms with E-state index in [2.05, 4.69) is 0 Å². The molecule has 1 saturated heterocycles. The minimum absolute atomic E-state index is 0.397. The van der Waals surface area contributed by atoms with Crippen molar-refractivity contribution >= 4 is 11.9 Å². The van der Waals surface area contributed by atoms with Gasteiger partial charge in [-0.25, -0.2) is 4.39 Å². The molecule has 6 heteroatoms. The monoisotopic (exact) mass is 234 g/mol. The standard InChI is InChI=1S/C10H15FO5/c1-6(12)14-8-3-4-10(15-7(2)13)16-9(8)5-11/h8-10H,3-5H2,1-2H3/t8-,9+,10?/m0/s1. The van der Waals surface area contributed by atoms with Crippen molar-refractivity contribution in [3.8, 4) is 0 Å². The van der Waals surface area contributed by atoms with Crippen LogP contribution < -0.4 is 0 Å². The molecule has 0 amide bonds. The van der Waals surface area contributed by atoms with E-state index < -0.39 is 37.1 Å². The fraction of sp³-hybridized carbons (Fsp3) is 0.800. The number of hydrogen-bond acceptors (Lipinski definition) is 5. The van der Waals surface area contributed by atoms with Crippen LogP contribution in [0, 0.1) is 0 Å². The summed E-state index contributed by atoms with van der Waals surface area (Å²) in [5.41, 5.74) is 0. The molecule has 0 N–H and O–H groups in total. The third-order valence-corrected chi connectivity index (χ3v) is 2.19. The summed E-state index contributed by atoms with van der Waals surface area (Å²) >= 11 is 0. The molecule has 1 rings (SSSR count). The summed E-state index contributed by atoms with van der Waals surface area (Å²) in [5.74, 6) is -0.952. The van der Waals surface area contributed by atoms with Crippen LogP contribution in [0.25, 0.3) is 0 Å². The minimum atomic E-state index is -0.859. The van der Waals surface area contributed by atoms with Crippen molar-refractivity contribution in [2.45, 2.75) is 45.2 Å². The van der Waals surface area contributed by atoms with E-state index in [4.69, 9.17) is 14.2 Å². The Morgan fingerprint density at radius 3 is 2.38 bits per heavy atom. The largest absolute Gasteiger partial charge is 0.460 e. The number of esters is 2. The summed E-state index contributed by atoms with van der Waals surface area (Å²) in [6.07, 6.45) is -1.39. The van der Waals surface area contributed by atoms with Crippen LogP contribution in [0.5, 0.6) is 0 Å². The first-order valence-corrected chi connectivity index (χ1v) is 5.08. The van der Waals surface area contributed by atoms with Gasteiger partial charge in [0.1, 0.15) is 18.9 Å². The van der Waals surface area contributed by atoms with Gasteiger partial charge in [-0.3, -0.25) is 9.59 Å². The lowest BCUT2D eigenvalue weighted by Crippen LogP contribution is -2.43. The average Bonchev–Trinajstić information content (AvgIpc) is 2.18. The summed E-state index contributed by atoms with van der Waals surface area (Å²) in [5, 5.41) is 0. The van der Waals surface area contributed by atoms with Gasteiger partial charge in [-0.15, -0.1) is 0 Å². The van der Waals surface area contributed by atoms with Gasteiger partial charge in [0.15, 0.2) is 0 Å². The van der Waals surface area contributed by atoms with Crippen molar-refractivity contribution in [1.82, 2.24) is 0 Å². The number of carbonyl (C=O) groups is 2. The van der Waals surface area contributed by atoms with E-state index in [1.54, 1.807) is 0 Å². The SMILES string of the molecule is CC(=O)OC1CC[C@H](OC(C)=O)[C@@H](CF)O1. The highest BCUT2D eigenvalue weighted by Gasteiger charge is 2.34. The molecule has 0 saturated carbocycles. The first kappa shape index (κ1) is 12.9. The van der Waals surface area contributed by atoms with Crippen LogP contribution in [0.4, 0.5) is 4.39 Å². The highest BCUT2D eigenvalue weighted by Crippen LogP contribution is 2.23. The van der Waals surface area contributed by atoms with Gasteiger partial charge in [-0.1, -0.05) is 0 Å². The van der Waals surface area contributed by atoms with Gasteiger partial charge in [-0.05, 0) is 6.42 Å². The van der Waals surface area contributed by atoms with Gasteiger partial charge in [0.05, 0.1) is 0 Å². The molecule has 0 aromatic heterocycles. The van der Waals surface area contributed by atoms with E-state index in [0.717, 1.165) is 0 Å². The molecule has 0 spiro atoms. The molecule has 0 bridgehead atoms. The lowest BCUT2D eigenvalue weighted by molar-refractivity contribution is -0.228. The lowest BCUT2D eigenvalue weighted by atomic mass is 10.1. The Labute approximate surface area is 92.8 Å². The molecule has 5 nitrogen and oxygen atoms in total. The smallest absolute Gasteiger partial charge is 0.304 e. The molecule has 16 heavy (non-hydrogen) atoms. The Kier molecular flexibility index (Phi) is 4.67. The number of rotatable bonds is 3. The molecule has 1 fully saturated rings. The van der Waals surface area contributed by atoms with Gasteiger partial charge in [0, 0.05) is 20.3 Å². The van der Waals surface area contributed by atoms with E-state index in [-0.39, 0.29) is 0 Å². The number of carbonyl (C=O) groups excluding carboxylic acids is 2. The van der Waals surface area contributed by atoms with Crippen LogP contribution in [0.3, 0.4) is 0 Å². The molecule has 1 aliphatic heterocycles. The van der Waals surface area contributed by atoms with Crippen molar-refractivity contribution in [3.05, 3.63) is 0 Å². The predicted molar refractivity (Wildman–Crippen MR) is 51.2 cm³/mol. The number of hydrogen-bond donors (Lipinski definition) is 0. The Balaban J connectivity index is 2.49. The van der Waals surface area contributed by atoms with Crippen LogP contribution in [-0.4, -0.2) is 37.1 Å². The second-order valence-corrected chi connectivity index (χ2v) is 3.59. The fourth-order valence-electron chi connectivity index (χ4n) is 1.59. The first-order valence-electron chi connectivity index (χ1n) is 5.08. The molecule has 92 valence electrons. The van der Waals surface area contributed by atoms with E-state index in [0.29, 0.717) is 12.8 Å². The summed E-state index contributed by atoms with van der Waals surface area (Å²) in [6.45, 7) is 1.73. The zero-order chi connectivity index (χ0) is 12.1. The Morgan fingerprint density at radius 1 is 1.25 bits per heavy atom. The summed E-state index contributed by atoms with van der Waals surface area (Å²) in [6, 6.07) is 0. The molecule has 1 heterocycles. The van der Waals surface area contributed by atoms with Gasteiger partial charge in [0.25, 0.3) is 0 Å². The Morgan fingerprint density at radius 2 is 1.88 bits per heavy atom. The van der Waals surface area contributed by atoms with Gasteiger partial charge in [-0.2, -0.15) is 0 Å². The lowest BCUT2D eigenvalue weighted by Gasteiger charge is -2.33. The molecule has 0 radical (unpaired) electrons. The third kappa shape index (κ3) is 3.77. The van der Waals surface area contributed by atoms with E-state index in [1.807, 2.05) is 0 Å². The topological polar surface area (TPSA) is 61.8 Å². The second kappa shape index (κ2) is 5.79. The van der Waals surface area contributed by atoms with Crippen molar-refractivity contribution in [3.63, 3.8) is 0 Å². The summed E-state index contributed by atoms with van der Waals surface area (Å²) in [7, 11) is 0. The van der Waals surface area contributed by atoms with Crippen molar-refractivity contribution in [1.29, 1.82) is 0 Å². The molecular weight excluding hydrogens is 219 g/mol. The molecule has 1 unspecified atom stereocenters. The highest BCUT2D eigenvalue weighted by molar-refractivity contribution is 5.66. The Bertz CT molecular complexity index is 268. The van der Waals surface area contributed by atoms with Gasteiger partial charge < -0.3 is 14.2 Å². The zero-order valence-electron chi connectivity index (χ0n) is 9.27. The molecule has 1 aliphatic rings. The van der Waals surface area contributed by atoms with E-state index in [9.17, 15) is 14.0 Å². The van der Waals surface area contributed by atoms with Gasteiger partial charge in [0.2, 0.25) is 6.29 Å². The number of alkyl halides is 1. The van der Waals surface area contributed by atoms with Crippen molar-refractivity contribution in [2.24, 2.45) is 0 Å². The fourth-order valence-corrected chi connectivity index (χ4v) is 1.59. The Hall–Kier alpha value is -1.17. The van der Waals surface area contributed by atoms with Crippen LogP contribution >= 0.6 is 0 Å². The minimum Gasteiger partial charge on any atom is -0.460 e. The predicted octanol–water partition coefficient (Wildman–Crippen LogP) is 0.956. The molecule has 3 atom stereocenters. The van der Waals surface area contributed by atoms with Crippen LogP contribution in [0.2, 0.25) is 0 Å². The van der Waals surface area contributed by atoms with Crippen LogP contribution in [0.1, 0.15) is 26.7 Å². The number of halogens is 1. The van der Waals surface area contributed by atoms with Crippen LogP contribution in [0.15, 0.2) is 0 Å². The van der Waals surface area contributed by atoms with Crippen molar-refractivity contribution < 1.29 is 28.2 Å². The molecule has 0 aromatic rings. The maximum atomic E-state index is 12.6. The maximum absolute atomic E-state index is 12.6. The number of ether oxygens (including phenoxy) is 3. The van der Waals surface area contributed by atoms with E-state index >= 15 is 0 Å². The highest BCUT2D eigenvalue weighted by atomic mass is 19.1. The summed E-state index contributed by atoms with van der Waals surface area (Å²) < 4.78 is 27.5. The normalized spacial score (nSPS) is 29.6. The molecule has 0 aliphatic carbocycles. The summed E-state index contributed by atoms with van der Waals surface area (Å²) in [4.78, 5) is 21.4. The van der Waals surface area contributed by atoms with Crippen molar-refractivity contribution in [2.75, 3.05) is 6.67 Å². The molecular formula is C10H15FO5. The third-order valence-electron chi connectivity index (χ3n) is 2.19. The van der Waals surface area contributed by atoms with E-state index in [1.165, 1.54) is 13.8 Å². The van der Waals surface area contributed by atoms with Gasteiger partial charge >= 0.3 is 11.9 Å². The quantitative estimate of drug-likeness (QED) is 0.680. The maximum Gasteiger partial charge on any atom is 0.304 e.